The number of benzene rings is 1. The molecule has 1 atom stereocenters. The van der Waals surface area contributed by atoms with E-state index in [0.29, 0.717) is 0 Å². The zero-order chi connectivity index (χ0) is 15.6. The third-order valence-corrected chi connectivity index (χ3v) is 4.09. The summed E-state index contributed by atoms with van der Waals surface area (Å²) in [4.78, 5) is 0. The Kier molecular flexibility index (Phi) is 5.03. The number of hydrogen-bond acceptors (Lipinski definition) is 4. The van der Waals surface area contributed by atoms with Crippen LogP contribution in [0.3, 0.4) is 0 Å². The fourth-order valence-corrected chi connectivity index (χ4v) is 2.88. The molecule has 1 unspecified atom stereocenters. The fourth-order valence-electron chi connectivity index (χ4n) is 2.38. The van der Waals surface area contributed by atoms with E-state index in [1.54, 1.807) is 13.3 Å². The summed E-state index contributed by atoms with van der Waals surface area (Å²) in [5.41, 5.74) is 6.00. The molecule has 1 aromatic heterocycles. The van der Waals surface area contributed by atoms with Gasteiger partial charge in [0.05, 0.1) is 29.5 Å². The lowest BCUT2D eigenvalue weighted by atomic mass is 10.0. The predicted octanol–water partition coefficient (Wildman–Crippen LogP) is 3.10. The normalized spacial score (nSPS) is 12.7. The van der Waals surface area contributed by atoms with Crippen molar-refractivity contribution in [2.24, 2.45) is 5.84 Å². The van der Waals surface area contributed by atoms with Gasteiger partial charge in [-0.3, -0.25) is 10.5 Å². The molecule has 21 heavy (non-hydrogen) atoms. The van der Waals surface area contributed by atoms with Crippen molar-refractivity contribution in [2.75, 3.05) is 7.11 Å². The minimum atomic E-state index is -0.168. The first-order chi connectivity index (χ1) is 9.99. The van der Waals surface area contributed by atoms with Gasteiger partial charge in [0.15, 0.2) is 0 Å². The zero-order valence-electron chi connectivity index (χ0n) is 12.7. The fraction of sp³-hybridized carbons (Fsp3) is 0.400. The highest BCUT2D eigenvalue weighted by molar-refractivity contribution is 9.10. The minimum Gasteiger partial charge on any atom is -0.496 e. The van der Waals surface area contributed by atoms with Gasteiger partial charge in [0.2, 0.25) is 0 Å². The Bertz CT molecular complexity index is 624. The third-order valence-electron chi connectivity index (χ3n) is 3.48. The molecule has 0 radical (unpaired) electrons. The van der Waals surface area contributed by atoms with Crippen LogP contribution < -0.4 is 16.0 Å². The number of rotatable bonds is 5. The molecule has 2 aromatic rings. The maximum Gasteiger partial charge on any atom is 0.122 e. The second-order valence-electron chi connectivity index (χ2n) is 5.24. The molecule has 1 aromatic carbocycles. The molecule has 0 saturated carbocycles. The average molecular weight is 353 g/mol. The minimum absolute atomic E-state index is 0.168. The third kappa shape index (κ3) is 3.12. The predicted molar refractivity (Wildman–Crippen MR) is 87.2 cm³/mol. The summed E-state index contributed by atoms with van der Waals surface area (Å²) in [7, 11) is 1.67. The van der Waals surface area contributed by atoms with Gasteiger partial charge in [0, 0.05) is 6.04 Å². The van der Waals surface area contributed by atoms with Gasteiger partial charge in [-0.1, -0.05) is 12.1 Å². The van der Waals surface area contributed by atoms with Crippen molar-refractivity contribution in [3.63, 3.8) is 0 Å². The summed E-state index contributed by atoms with van der Waals surface area (Å²) in [6.07, 6.45) is 1.80. The van der Waals surface area contributed by atoms with Crippen LogP contribution in [0.4, 0.5) is 0 Å². The highest BCUT2D eigenvalue weighted by atomic mass is 79.9. The number of methoxy groups -OCH3 is 1. The summed E-state index contributed by atoms with van der Waals surface area (Å²) in [5, 5.41) is 4.41. The maximum absolute atomic E-state index is 5.81. The molecule has 6 heteroatoms. The molecule has 2 rings (SSSR count). The zero-order valence-corrected chi connectivity index (χ0v) is 14.3. The lowest BCUT2D eigenvalue weighted by Crippen LogP contribution is -2.31. The Morgan fingerprint density at radius 2 is 2.10 bits per heavy atom. The number of nitrogens with one attached hydrogen (secondary N) is 1. The second-order valence-corrected chi connectivity index (χ2v) is 6.10. The molecule has 3 N–H and O–H groups in total. The van der Waals surface area contributed by atoms with Crippen molar-refractivity contribution in [3.8, 4) is 5.75 Å². The molecule has 0 spiro atoms. The van der Waals surface area contributed by atoms with Crippen molar-refractivity contribution >= 4 is 15.9 Å². The molecule has 1 heterocycles. The molecule has 0 bridgehead atoms. The molecule has 0 aliphatic rings. The van der Waals surface area contributed by atoms with Crippen LogP contribution in [0.15, 0.2) is 28.9 Å². The highest BCUT2D eigenvalue weighted by Crippen LogP contribution is 2.32. The van der Waals surface area contributed by atoms with Gasteiger partial charge in [-0.15, -0.1) is 0 Å². The Balaban J connectivity index is 2.52. The Labute approximate surface area is 133 Å². The molecule has 0 saturated heterocycles. The first-order valence-electron chi connectivity index (χ1n) is 6.83. The number of aryl methyl sites for hydroxylation is 1. The van der Waals surface area contributed by atoms with Crippen molar-refractivity contribution in [1.82, 2.24) is 15.2 Å². The van der Waals surface area contributed by atoms with E-state index in [-0.39, 0.29) is 12.1 Å². The molecule has 0 aliphatic carbocycles. The van der Waals surface area contributed by atoms with E-state index in [1.807, 2.05) is 29.8 Å². The van der Waals surface area contributed by atoms with Crippen LogP contribution in [-0.2, 0) is 0 Å². The lowest BCUT2D eigenvalue weighted by molar-refractivity contribution is 0.410. The van der Waals surface area contributed by atoms with E-state index in [4.69, 9.17) is 10.6 Å². The number of nitrogens with zero attached hydrogens (tertiary/aromatic N) is 2. The number of hydrogen-bond donors (Lipinski definition) is 2. The summed E-state index contributed by atoms with van der Waals surface area (Å²) in [6, 6.07) is 6.16. The number of halogens is 1. The lowest BCUT2D eigenvalue weighted by Gasteiger charge is -2.21. The van der Waals surface area contributed by atoms with E-state index in [1.165, 1.54) is 0 Å². The first kappa shape index (κ1) is 16.0. The number of ether oxygens (including phenoxy) is 1. The van der Waals surface area contributed by atoms with Crippen LogP contribution >= 0.6 is 15.9 Å². The summed E-state index contributed by atoms with van der Waals surface area (Å²) in [5.74, 6) is 6.66. The second kappa shape index (κ2) is 6.60. The van der Waals surface area contributed by atoms with E-state index in [0.717, 1.165) is 27.0 Å². The SMILES string of the molecule is COc1cc(C(NN)c2c(Br)cnn2C(C)C)ccc1C. The molecular weight excluding hydrogens is 332 g/mol. The maximum atomic E-state index is 5.81. The van der Waals surface area contributed by atoms with E-state index < -0.39 is 0 Å². The van der Waals surface area contributed by atoms with Crippen molar-refractivity contribution in [3.05, 3.63) is 45.7 Å². The van der Waals surface area contributed by atoms with Gasteiger partial charge >= 0.3 is 0 Å². The Morgan fingerprint density at radius 1 is 1.38 bits per heavy atom. The van der Waals surface area contributed by atoms with E-state index in [9.17, 15) is 0 Å². The van der Waals surface area contributed by atoms with Crippen molar-refractivity contribution < 1.29 is 4.74 Å². The summed E-state index contributed by atoms with van der Waals surface area (Å²) in [6.45, 7) is 6.19. The number of aromatic nitrogens is 2. The van der Waals surface area contributed by atoms with Gasteiger partial charge in [0.1, 0.15) is 5.75 Å². The van der Waals surface area contributed by atoms with Gasteiger partial charge < -0.3 is 4.74 Å². The summed E-state index contributed by atoms with van der Waals surface area (Å²) < 4.78 is 8.29. The standard InChI is InChI=1S/C15H21BrN4O/c1-9(2)20-15(12(16)8-18-20)14(19-17)11-6-5-10(3)13(7-11)21-4/h5-9,14,19H,17H2,1-4H3. The Hall–Kier alpha value is -1.37. The van der Waals surface area contributed by atoms with Crippen LogP contribution in [0.2, 0.25) is 0 Å². The van der Waals surface area contributed by atoms with E-state index >= 15 is 0 Å². The first-order valence-corrected chi connectivity index (χ1v) is 7.62. The Morgan fingerprint density at radius 3 is 2.67 bits per heavy atom. The molecular formula is C15H21BrN4O. The van der Waals surface area contributed by atoms with Crippen LogP contribution in [0.25, 0.3) is 0 Å². The molecule has 0 fully saturated rings. The molecule has 5 nitrogen and oxygen atoms in total. The molecule has 0 aliphatic heterocycles. The average Bonchev–Trinajstić information content (AvgIpc) is 2.84. The highest BCUT2D eigenvalue weighted by Gasteiger charge is 2.22. The monoisotopic (exact) mass is 352 g/mol. The van der Waals surface area contributed by atoms with Gasteiger partial charge in [0.25, 0.3) is 0 Å². The van der Waals surface area contributed by atoms with Crippen LogP contribution in [0.5, 0.6) is 5.75 Å². The topological polar surface area (TPSA) is 65.1 Å². The van der Waals surface area contributed by atoms with Crippen molar-refractivity contribution in [1.29, 1.82) is 0 Å². The van der Waals surface area contributed by atoms with Gasteiger partial charge in [-0.25, -0.2) is 5.43 Å². The number of hydrazine groups is 1. The van der Waals surface area contributed by atoms with Crippen LogP contribution in [0, 0.1) is 6.92 Å². The quantitative estimate of drug-likeness (QED) is 0.640. The smallest absolute Gasteiger partial charge is 0.122 e. The van der Waals surface area contributed by atoms with Gasteiger partial charge in [-0.2, -0.15) is 5.10 Å². The van der Waals surface area contributed by atoms with Gasteiger partial charge in [-0.05, 0) is 53.9 Å². The molecule has 0 amide bonds. The van der Waals surface area contributed by atoms with Crippen molar-refractivity contribution in [2.45, 2.75) is 32.9 Å². The van der Waals surface area contributed by atoms with E-state index in [2.05, 4.69) is 40.3 Å². The number of nitrogens with two attached hydrogens (primary N) is 1. The van der Waals surface area contributed by atoms with Crippen LogP contribution in [-0.4, -0.2) is 16.9 Å². The summed E-state index contributed by atoms with van der Waals surface area (Å²) >= 11 is 3.56. The van der Waals surface area contributed by atoms with Crippen LogP contribution in [0.1, 0.15) is 42.8 Å². The molecule has 114 valence electrons. The largest absolute Gasteiger partial charge is 0.496 e.